The number of hydrogen-bond donors (Lipinski definition) is 1. The number of aromatic nitrogens is 4. The molecule has 0 saturated heterocycles. The Kier molecular flexibility index (Phi) is 4.18. The minimum absolute atomic E-state index is 0.142. The van der Waals surface area contributed by atoms with Crippen LogP contribution in [0.15, 0.2) is 41.3 Å². The van der Waals surface area contributed by atoms with Crippen molar-refractivity contribution < 1.29 is 9.21 Å². The van der Waals surface area contributed by atoms with E-state index < -0.39 is 0 Å². The summed E-state index contributed by atoms with van der Waals surface area (Å²) in [4.78, 5) is 24.8. The Bertz CT molecular complexity index is 807. The first-order valence-electron chi connectivity index (χ1n) is 7.29. The topological polar surface area (TPSA) is 85.8 Å². The van der Waals surface area contributed by atoms with Gasteiger partial charge in [0.05, 0.1) is 5.56 Å². The molecule has 1 amide bonds. The van der Waals surface area contributed by atoms with Crippen LogP contribution in [0.1, 0.15) is 21.9 Å². The van der Waals surface area contributed by atoms with E-state index in [0.717, 1.165) is 5.76 Å². The Morgan fingerprint density at radius 2 is 2.00 bits per heavy atom. The second-order valence-electron chi connectivity index (χ2n) is 5.10. The quantitative estimate of drug-likeness (QED) is 0.778. The molecule has 0 aromatic carbocycles. The Balaban J connectivity index is 1.63. The van der Waals surface area contributed by atoms with Crippen molar-refractivity contribution >= 4 is 5.91 Å². The average Bonchev–Trinajstić information content (AvgIpc) is 3.14. The molecule has 7 heteroatoms. The molecule has 0 aliphatic rings. The van der Waals surface area contributed by atoms with Gasteiger partial charge in [0.25, 0.3) is 5.91 Å². The maximum atomic E-state index is 12.1. The highest BCUT2D eigenvalue weighted by Crippen LogP contribution is 2.13. The molecule has 0 aliphatic heterocycles. The molecule has 0 unspecified atom stereocenters. The maximum absolute atomic E-state index is 12.1. The van der Waals surface area contributed by atoms with Crippen LogP contribution in [0.3, 0.4) is 0 Å². The Morgan fingerprint density at radius 1 is 1.22 bits per heavy atom. The number of furan rings is 1. The van der Waals surface area contributed by atoms with E-state index in [2.05, 4.69) is 20.3 Å². The minimum atomic E-state index is -0.142. The minimum Gasteiger partial charge on any atom is -0.466 e. The zero-order chi connectivity index (χ0) is 16.2. The first-order valence-corrected chi connectivity index (χ1v) is 7.29. The van der Waals surface area contributed by atoms with Gasteiger partial charge < -0.3 is 14.3 Å². The van der Waals surface area contributed by atoms with Crippen molar-refractivity contribution in [3.05, 3.63) is 54.0 Å². The molecule has 0 atom stereocenters. The summed E-state index contributed by atoms with van der Waals surface area (Å²) in [7, 11) is 0. The number of nitrogens with zero attached hydrogens (tertiary/aromatic N) is 4. The standard InChI is InChI=1S/C16H17N5O2/c1-11-10-13(12(2)23-11)16(22)20-7-9-21-8-6-19-15(21)14-17-4-3-5-18-14/h3-6,8,10H,7,9H2,1-2H3,(H,20,22). The molecule has 1 N–H and O–H groups in total. The number of amides is 1. The van der Waals surface area contributed by atoms with Gasteiger partial charge in [0, 0.05) is 37.9 Å². The van der Waals surface area contributed by atoms with Crippen LogP contribution in [0.5, 0.6) is 0 Å². The van der Waals surface area contributed by atoms with E-state index in [0.29, 0.717) is 36.1 Å². The number of hydrogen-bond acceptors (Lipinski definition) is 5. The fraction of sp³-hybridized carbons (Fsp3) is 0.250. The number of carbonyl (C=O) groups is 1. The Hall–Kier alpha value is -2.96. The summed E-state index contributed by atoms with van der Waals surface area (Å²) >= 11 is 0. The molecule has 7 nitrogen and oxygen atoms in total. The van der Waals surface area contributed by atoms with Crippen molar-refractivity contribution in [2.75, 3.05) is 6.54 Å². The normalized spacial score (nSPS) is 10.7. The molecule has 0 fully saturated rings. The van der Waals surface area contributed by atoms with Gasteiger partial charge in [-0.05, 0) is 26.0 Å². The number of imidazole rings is 1. The molecule has 0 bridgehead atoms. The molecule has 3 heterocycles. The highest BCUT2D eigenvalue weighted by atomic mass is 16.3. The lowest BCUT2D eigenvalue weighted by Gasteiger charge is -2.08. The fourth-order valence-corrected chi connectivity index (χ4v) is 2.35. The van der Waals surface area contributed by atoms with Crippen LogP contribution in [-0.4, -0.2) is 32.0 Å². The van der Waals surface area contributed by atoms with Gasteiger partial charge in [-0.3, -0.25) is 4.79 Å². The first kappa shape index (κ1) is 15.0. The van der Waals surface area contributed by atoms with Crippen molar-refractivity contribution in [3.8, 4) is 11.6 Å². The summed E-state index contributed by atoms with van der Waals surface area (Å²) in [6, 6.07) is 3.50. The van der Waals surface area contributed by atoms with Gasteiger partial charge in [0.2, 0.25) is 0 Å². The van der Waals surface area contributed by atoms with Crippen LogP contribution in [-0.2, 0) is 6.54 Å². The summed E-state index contributed by atoms with van der Waals surface area (Å²) in [5.74, 6) is 2.45. The second-order valence-corrected chi connectivity index (χ2v) is 5.10. The SMILES string of the molecule is Cc1cc(C(=O)NCCn2ccnc2-c2ncccn2)c(C)o1. The smallest absolute Gasteiger partial charge is 0.254 e. The predicted octanol–water partition coefficient (Wildman–Crippen LogP) is 1.98. The highest BCUT2D eigenvalue weighted by Gasteiger charge is 2.13. The van der Waals surface area contributed by atoms with Crippen molar-refractivity contribution in [2.24, 2.45) is 0 Å². The van der Waals surface area contributed by atoms with Gasteiger partial charge in [-0.25, -0.2) is 15.0 Å². The monoisotopic (exact) mass is 311 g/mol. The zero-order valence-electron chi connectivity index (χ0n) is 13.0. The fourth-order valence-electron chi connectivity index (χ4n) is 2.35. The summed E-state index contributed by atoms with van der Waals surface area (Å²) in [6.45, 7) is 4.65. The third-order valence-electron chi connectivity index (χ3n) is 3.41. The highest BCUT2D eigenvalue weighted by molar-refractivity contribution is 5.95. The molecule has 118 valence electrons. The van der Waals surface area contributed by atoms with E-state index in [1.54, 1.807) is 37.6 Å². The first-order chi connectivity index (χ1) is 11.1. The van der Waals surface area contributed by atoms with Crippen molar-refractivity contribution in [1.29, 1.82) is 0 Å². The Labute approximate surface area is 133 Å². The van der Waals surface area contributed by atoms with Crippen molar-refractivity contribution in [2.45, 2.75) is 20.4 Å². The van der Waals surface area contributed by atoms with E-state index >= 15 is 0 Å². The molecule has 0 radical (unpaired) electrons. The molecule has 3 aromatic rings. The Morgan fingerprint density at radius 3 is 2.70 bits per heavy atom. The third kappa shape index (κ3) is 3.28. The van der Waals surface area contributed by atoms with E-state index in [4.69, 9.17) is 4.42 Å². The van der Waals surface area contributed by atoms with Gasteiger partial charge in [-0.2, -0.15) is 0 Å². The largest absolute Gasteiger partial charge is 0.466 e. The van der Waals surface area contributed by atoms with Crippen molar-refractivity contribution in [3.63, 3.8) is 0 Å². The van der Waals surface area contributed by atoms with Gasteiger partial charge in [0.15, 0.2) is 11.6 Å². The lowest BCUT2D eigenvalue weighted by molar-refractivity contribution is 0.0951. The van der Waals surface area contributed by atoms with Gasteiger partial charge in [0.1, 0.15) is 11.5 Å². The average molecular weight is 311 g/mol. The van der Waals surface area contributed by atoms with Crippen LogP contribution in [0.2, 0.25) is 0 Å². The van der Waals surface area contributed by atoms with E-state index in [9.17, 15) is 4.79 Å². The zero-order valence-corrected chi connectivity index (χ0v) is 13.0. The van der Waals surface area contributed by atoms with E-state index in [1.165, 1.54) is 0 Å². The number of carbonyl (C=O) groups excluding carboxylic acids is 1. The molecule has 3 rings (SSSR count). The summed E-state index contributed by atoms with van der Waals surface area (Å²) in [6.07, 6.45) is 6.88. The summed E-state index contributed by atoms with van der Waals surface area (Å²) < 4.78 is 7.28. The maximum Gasteiger partial charge on any atom is 0.254 e. The molecule has 3 aromatic heterocycles. The van der Waals surface area contributed by atoms with Crippen LogP contribution in [0.25, 0.3) is 11.6 Å². The van der Waals surface area contributed by atoms with Crippen LogP contribution < -0.4 is 5.32 Å². The molecular weight excluding hydrogens is 294 g/mol. The van der Waals surface area contributed by atoms with Crippen LogP contribution in [0, 0.1) is 13.8 Å². The lowest BCUT2D eigenvalue weighted by atomic mass is 10.2. The molecule has 0 saturated carbocycles. The number of nitrogens with one attached hydrogen (secondary N) is 1. The van der Waals surface area contributed by atoms with Crippen LogP contribution >= 0.6 is 0 Å². The summed E-state index contributed by atoms with van der Waals surface area (Å²) in [5, 5.41) is 2.88. The van der Waals surface area contributed by atoms with Crippen LogP contribution in [0.4, 0.5) is 0 Å². The predicted molar refractivity (Wildman–Crippen MR) is 83.8 cm³/mol. The van der Waals surface area contributed by atoms with Gasteiger partial charge in [-0.1, -0.05) is 0 Å². The second kappa shape index (κ2) is 6.43. The van der Waals surface area contributed by atoms with Gasteiger partial charge in [-0.15, -0.1) is 0 Å². The third-order valence-corrected chi connectivity index (χ3v) is 3.41. The summed E-state index contributed by atoms with van der Waals surface area (Å²) in [5.41, 5.74) is 0.569. The van der Waals surface area contributed by atoms with E-state index in [1.807, 2.05) is 17.7 Å². The molecular formula is C16H17N5O2. The van der Waals surface area contributed by atoms with Crippen molar-refractivity contribution in [1.82, 2.24) is 24.8 Å². The van der Waals surface area contributed by atoms with E-state index in [-0.39, 0.29) is 5.91 Å². The number of aryl methyl sites for hydroxylation is 2. The molecule has 0 spiro atoms. The lowest BCUT2D eigenvalue weighted by Crippen LogP contribution is -2.27. The number of rotatable bonds is 5. The van der Waals surface area contributed by atoms with Gasteiger partial charge >= 0.3 is 0 Å². The molecule has 23 heavy (non-hydrogen) atoms. The molecule has 0 aliphatic carbocycles.